The minimum absolute atomic E-state index is 0.692. The largest absolute Gasteiger partial charge is 0.309 e. The Bertz CT molecular complexity index is 3740. The molecule has 0 fully saturated rings. The predicted octanol–water partition coefficient (Wildman–Crippen LogP) is 17.2. The monoisotopic (exact) mass is 853 g/mol. The molecular weight excluding hydrogens is 815 g/mol. The lowest BCUT2D eigenvalue weighted by Gasteiger charge is -2.14. The van der Waals surface area contributed by atoms with Gasteiger partial charge in [-0.05, 0) is 71.6 Å². The molecule has 5 heteroatoms. The number of benzene rings is 8. The van der Waals surface area contributed by atoms with Gasteiger partial charge in [-0.25, -0.2) is 9.97 Å². The van der Waals surface area contributed by atoms with Gasteiger partial charge in [-0.3, -0.25) is 0 Å². The fourth-order valence-electron chi connectivity index (χ4n) is 9.34. The molecule has 4 aromatic heterocycles. The van der Waals surface area contributed by atoms with Crippen molar-refractivity contribution in [3.05, 3.63) is 211 Å². The number of hydrogen-bond donors (Lipinski definition) is 0. The summed E-state index contributed by atoms with van der Waals surface area (Å²) in [6.45, 7) is 6.31. The average molecular weight is 854 g/mol. The van der Waals surface area contributed by atoms with Crippen molar-refractivity contribution in [2.24, 2.45) is 0 Å². The Morgan fingerprint density at radius 3 is 1.86 bits per heavy atom. The van der Waals surface area contributed by atoms with E-state index in [2.05, 4.69) is 206 Å². The summed E-state index contributed by atoms with van der Waals surface area (Å²) in [7, 11) is 0. The number of rotatable bonds is 8. The van der Waals surface area contributed by atoms with Gasteiger partial charge in [0.2, 0.25) is 0 Å². The third kappa shape index (κ3) is 6.31. The van der Waals surface area contributed by atoms with E-state index in [0.717, 1.165) is 39.3 Å². The Morgan fingerprint density at radius 2 is 1.14 bits per heavy atom. The molecule has 0 unspecified atom stereocenters. The fourth-order valence-corrected chi connectivity index (χ4v) is 11.8. The number of allylic oxidation sites excluding steroid dienone is 1. The first kappa shape index (κ1) is 38.0. The van der Waals surface area contributed by atoms with E-state index in [1.165, 1.54) is 79.2 Å². The second-order valence-electron chi connectivity index (χ2n) is 16.1. The molecule has 0 aliphatic rings. The Labute approximate surface area is 379 Å². The van der Waals surface area contributed by atoms with E-state index in [9.17, 15) is 0 Å². The summed E-state index contributed by atoms with van der Waals surface area (Å²) in [5, 5.41) is 6.24. The van der Waals surface area contributed by atoms with Crippen LogP contribution in [0.5, 0.6) is 0 Å². The first-order valence-electron chi connectivity index (χ1n) is 21.5. The highest BCUT2D eigenvalue weighted by atomic mass is 32.1. The number of fused-ring (bicyclic) bond motifs is 8. The van der Waals surface area contributed by atoms with Gasteiger partial charge in [0.05, 0.1) is 22.4 Å². The molecule has 12 rings (SSSR count). The molecule has 0 saturated carbocycles. The van der Waals surface area contributed by atoms with Gasteiger partial charge in [0.25, 0.3) is 0 Å². The molecule has 0 N–H and O–H groups in total. The lowest BCUT2D eigenvalue weighted by molar-refractivity contribution is 1.18. The molecule has 0 amide bonds. The summed E-state index contributed by atoms with van der Waals surface area (Å²) in [5.41, 5.74) is 14.2. The summed E-state index contributed by atoms with van der Waals surface area (Å²) < 4.78 is 6.29. The normalized spacial score (nSPS) is 11.8. The zero-order chi connectivity index (χ0) is 42.7. The van der Waals surface area contributed by atoms with Crippen molar-refractivity contribution in [3.63, 3.8) is 0 Å². The molecule has 0 spiro atoms. The summed E-state index contributed by atoms with van der Waals surface area (Å²) in [6.07, 6.45) is 6.34. The predicted molar refractivity (Wildman–Crippen MR) is 277 cm³/mol. The molecule has 0 bridgehead atoms. The van der Waals surface area contributed by atoms with E-state index in [0.29, 0.717) is 5.82 Å². The van der Waals surface area contributed by atoms with Crippen LogP contribution in [0.2, 0.25) is 0 Å². The second kappa shape index (κ2) is 15.6. The van der Waals surface area contributed by atoms with Gasteiger partial charge < -0.3 is 4.57 Å². The van der Waals surface area contributed by atoms with Crippen molar-refractivity contribution in [3.8, 4) is 61.8 Å². The number of aromatic nitrogens is 3. The van der Waals surface area contributed by atoms with Crippen molar-refractivity contribution in [1.29, 1.82) is 0 Å². The van der Waals surface area contributed by atoms with Gasteiger partial charge in [-0.1, -0.05) is 170 Å². The van der Waals surface area contributed by atoms with Crippen molar-refractivity contribution in [2.45, 2.75) is 6.92 Å². The first-order chi connectivity index (χ1) is 31.6. The van der Waals surface area contributed by atoms with Crippen LogP contribution >= 0.6 is 22.7 Å². The molecule has 3 nitrogen and oxygen atoms in total. The molecule has 64 heavy (non-hydrogen) atoms. The zero-order valence-corrected chi connectivity index (χ0v) is 36.6. The summed E-state index contributed by atoms with van der Waals surface area (Å²) >= 11 is 3.68. The van der Waals surface area contributed by atoms with Crippen LogP contribution in [0.25, 0.3) is 126 Å². The Morgan fingerprint density at radius 1 is 0.484 bits per heavy atom. The van der Waals surface area contributed by atoms with E-state index < -0.39 is 0 Å². The van der Waals surface area contributed by atoms with Crippen LogP contribution in [0.15, 0.2) is 201 Å². The van der Waals surface area contributed by atoms with Crippen molar-refractivity contribution >= 4 is 86.9 Å². The van der Waals surface area contributed by atoms with Crippen LogP contribution in [0.4, 0.5) is 0 Å². The maximum atomic E-state index is 5.22. The van der Waals surface area contributed by atoms with Gasteiger partial charge in [0.1, 0.15) is 0 Å². The SMILES string of the molecule is C=Cc1sc2c(ccc3c2c2ccc(-c4ccccc4)cc2n3-c2cc(-c3cccc(-c4nc(-c5ccccc5)cc(-c5ccccc5)n4)c3)c3sc4ccccc4c3c2)c1/C=C\C. The van der Waals surface area contributed by atoms with E-state index in [-0.39, 0.29) is 0 Å². The van der Waals surface area contributed by atoms with E-state index >= 15 is 0 Å². The quantitative estimate of drug-likeness (QED) is 0.152. The molecule has 4 heterocycles. The van der Waals surface area contributed by atoms with Crippen LogP contribution in [0, 0.1) is 0 Å². The molecule has 8 aromatic carbocycles. The van der Waals surface area contributed by atoms with Gasteiger partial charge >= 0.3 is 0 Å². The smallest absolute Gasteiger partial charge is 0.160 e. The van der Waals surface area contributed by atoms with Crippen molar-refractivity contribution < 1.29 is 0 Å². The standard InChI is InChI=1S/C59H39N3S2/c1-3-17-44-46-30-31-52-56(58(46)63-54(44)4-2)47-29-28-40(37-18-8-5-9-19-37)33-53(47)62(52)43-34-48(57-49(35-43)45-26-14-15-27-55(45)64-57)41-24-16-25-42(32-41)59-60-50(38-20-10-6-11-21-38)36-51(61-59)39-22-12-7-13-23-39/h3-36H,2H2,1H3/b17-3-. The molecule has 0 atom stereocenters. The molecular formula is C59H39N3S2. The minimum atomic E-state index is 0.692. The van der Waals surface area contributed by atoms with Crippen molar-refractivity contribution in [2.75, 3.05) is 0 Å². The Hall–Kier alpha value is -7.70. The fraction of sp³-hybridized carbons (Fsp3) is 0.0169. The molecule has 0 aliphatic carbocycles. The molecule has 0 saturated heterocycles. The van der Waals surface area contributed by atoms with Crippen LogP contribution in [0.1, 0.15) is 17.4 Å². The van der Waals surface area contributed by atoms with E-state index in [1.807, 2.05) is 40.9 Å². The number of nitrogens with zero attached hydrogens (tertiary/aromatic N) is 3. The molecule has 302 valence electrons. The highest BCUT2D eigenvalue weighted by Gasteiger charge is 2.22. The Balaban J connectivity index is 1.12. The molecule has 0 radical (unpaired) electrons. The van der Waals surface area contributed by atoms with E-state index in [4.69, 9.17) is 9.97 Å². The maximum Gasteiger partial charge on any atom is 0.160 e. The van der Waals surface area contributed by atoms with Gasteiger partial charge in [-0.15, -0.1) is 22.7 Å². The summed E-state index contributed by atoms with van der Waals surface area (Å²) in [5.74, 6) is 0.692. The molecule has 0 aliphatic heterocycles. The third-order valence-corrected chi connectivity index (χ3v) is 14.8. The number of thiophene rings is 2. The number of hydrogen-bond acceptors (Lipinski definition) is 4. The van der Waals surface area contributed by atoms with Gasteiger partial charge in [0, 0.05) is 73.8 Å². The third-order valence-electron chi connectivity index (χ3n) is 12.3. The van der Waals surface area contributed by atoms with Crippen molar-refractivity contribution in [1.82, 2.24) is 14.5 Å². The molecule has 12 aromatic rings. The van der Waals surface area contributed by atoms with E-state index in [1.54, 1.807) is 0 Å². The lowest BCUT2D eigenvalue weighted by atomic mass is 9.99. The average Bonchev–Trinajstić information content (AvgIpc) is 4.03. The highest BCUT2D eigenvalue weighted by molar-refractivity contribution is 7.26. The zero-order valence-electron chi connectivity index (χ0n) is 35.0. The second-order valence-corrected chi connectivity index (χ2v) is 18.2. The summed E-state index contributed by atoms with van der Waals surface area (Å²) in [4.78, 5) is 11.6. The van der Waals surface area contributed by atoms with Crippen LogP contribution in [0.3, 0.4) is 0 Å². The van der Waals surface area contributed by atoms with Crippen LogP contribution in [-0.2, 0) is 0 Å². The lowest BCUT2D eigenvalue weighted by Crippen LogP contribution is -1.97. The highest BCUT2D eigenvalue weighted by Crippen LogP contribution is 2.47. The maximum absolute atomic E-state index is 5.22. The van der Waals surface area contributed by atoms with Gasteiger partial charge in [-0.2, -0.15) is 0 Å². The first-order valence-corrected chi connectivity index (χ1v) is 23.2. The topological polar surface area (TPSA) is 30.7 Å². The van der Waals surface area contributed by atoms with Crippen LogP contribution in [-0.4, -0.2) is 14.5 Å². The van der Waals surface area contributed by atoms with Gasteiger partial charge in [0.15, 0.2) is 5.82 Å². The van der Waals surface area contributed by atoms with Crippen LogP contribution < -0.4 is 0 Å². The Kier molecular flexibility index (Phi) is 9.25. The minimum Gasteiger partial charge on any atom is -0.309 e. The summed E-state index contributed by atoms with van der Waals surface area (Å²) in [6, 6.07) is 67.6.